The normalized spacial score (nSPS) is 32.4. The molecule has 4 heteroatoms. The second-order valence-electron chi connectivity index (χ2n) is 5.34. The molecule has 2 aliphatic heterocycles. The first kappa shape index (κ1) is 12.8. The quantitative estimate of drug-likeness (QED) is 0.757. The number of likely N-dealkylation sites (tertiary alicyclic amines) is 1. The number of rotatable bonds is 3. The SMILES string of the molecule is CNC(=O)C(C)N1CCCC1C1CCCNC1. The van der Waals surface area contributed by atoms with Crippen LogP contribution in [-0.2, 0) is 4.79 Å². The molecule has 2 saturated heterocycles. The van der Waals surface area contributed by atoms with Gasteiger partial charge in [0.2, 0.25) is 5.91 Å². The van der Waals surface area contributed by atoms with Gasteiger partial charge in [-0.05, 0) is 58.2 Å². The van der Waals surface area contributed by atoms with Gasteiger partial charge in [-0.1, -0.05) is 0 Å². The summed E-state index contributed by atoms with van der Waals surface area (Å²) in [6.45, 7) is 5.40. The lowest BCUT2D eigenvalue weighted by atomic mass is 9.89. The second-order valence-corrected chi connectivity index (χ2v) is 5.34. The molecule has 0 aromatic heterocycles. The molecule has 0 aromatic carbocycles. The van der Waals surface area contributed by atoms with E-state index in [1.54, 1.807) is 7.05 Å². The number of nitrogens with zero attached hydrogens (tertiary/aromatic N) is 1. The van der Waals surface area contributed by atoms with E-state index < -0.39 is 0 Å². The van der Waals surface area contributed by atoms with Gasteiger partial charge < -0.3 is 10.6 Å². The molecule has 2 heterocycles. The fourth-order valence-electron chi connectivity index (χ4n) is 3.37. The van der Waals surface area contributed by atoms with Crippen LogP contribution in [0, 0.1) is 5.92 Å². The zero-order valence-electron chi connectivity index (χ0n) is 11.0. The Morgan fingerprint density at radius 2 is 2.24 bits per heavy atom. The van der Waals surface area contributed by atoms with Crippen molar-refractivity contribution in [2.75, 3.05) is 26.7 Å². The van der Waals surface area contributed by atoms with Gasteiger partial charge in [-0.3, -0.25) is 9.69 Å². The van der Waals surface area contributed by atoms with Crippen LogP contribution in [0.4, 0.5) is 0 Å². The summed E-state index contributed by atoms with van der Waals surface area (Å²) < 4.78 is 0. The fraction of sp³-hybridized carbons (Fsp3) is 0.923. The third-order valence-corrected chi connectivity index (χ3v) is 4.34. The number of amides is 1. The lowest BCUT2D eigenvalue weighted by Gasteiger charge is -2.36. The maximum Gasteiger partial charge on any atom is 0.236 e. The summed E-state index contributed by atoms with van der Waals surface area (Å²) in [4.78, 5) is 14.2. The van der Waals surface area contributed by atoms with Crippen molar-refractivity contribution in [1.82, 2.24) is 15.5 Å². The van der Waals surface area contributed by atoms with Crippen LogP contribution in [-0.4, -0.2) is 49.6 Å². The molecule has 0 spiro atoms. The van der Waals surface area contributed by atoms with Crippen molar-refractivity contribution in [2.24, 2.45) is 5.92 Å². The van der Waals surface area contributed by atoms with E-state index in [2.05, 4.69) is 15.5 Å². The predicted octanol–water partition coefficient (Wildman–Crippen LogP) is 0.585. The van der Waals surface area contributed by atoms with Crippen molar-refractivity contribution in [3.63, 3.8) is 0 Å². The Morgan fingerprint density at radius 3 is 2.88 bits per heavy atom. The van der Waals surface area contributed by atoms with Crippen molar-refractivity contribution in [3.8, 4) is 0 Å². The highest BCUT2D eigenvalue weighted by atomic mass is 16.2. The van der Waals surface area contributed by atoms with E-state index in [4.69, 9.17) is 0 Å². The molecule has 2 N–H and O–H groups in total. The zero-order valence-corrected chi connectivity index (χ0v) is 11.0. The summed E-state index contributed by atoms with van der Waals surface area (Å²) >= 11 is 0. The lowest BCUT2D eigenvalue weighted by Crippen LogP contribution is -2.51. The third kappa shape index (κ3) is 2.80. The number of carbonyl (C=O) groups is 1. The molecule has 17 heavy (non-hydrogen) atoms. The van der Waals surface area contributed by atoms with Crippen LogP contribution in [0.1, 0.15) is 32.6 Å². The topological polar surface area (TPSA) is 44.4 Å². The van der Waals surface area contributed by atoms with E-state index in [0.717, 1.165) is 25.6 Å². The predicted molar refractivity (Wildman–Crippen MR) is 68.9 cm³/mol. The molecule has 2 fully saturated rings. The standard InChI is InChI=1S/C13H25N3O/c1-10(13(17)14-2)16-8-4-6-12(16)11-5-3-7-15-9-11/h10-12,15H,3-9H2,1-2H3,(H,14,17). The lowest BCUT2D eigenvalue weighted by molar-refractivity contribution is -0.126. The summed E-state index contributed by atoms with van der Waals surface area (Å²) in [6, 6.07) is 0.629. The largest absolute Gasteiger partial charge is 0.358 e. The summed E-state index contributed by atoms with van der Waals surface area (Å²) in [5, 5.41) is 6.26. The molecule has 0 aliphatic carbocycles. The molecule has 1 amide bonds. The number of carbonyl (C=O) groups excluding carboxylic acids is 1. The number of likely N-dealkylation sites (N-methyl/N-ethyl adjacent to an activating group) is 1. The smallest absolute Gasteiger partial charge is 0.236 e. The third-order valence-electron chi connectivity index (χ3n) is 4.34. The van der Waals surface area contributed by atoms with Crippen LogP contribution < -0.4 is 10.6 Å². The Morgan fingerprint density at radius 1 is 1.41 bits per heavy atom. The van der Waals surface area contributed by atoms with Crippen molar-refractivity contribution >= 4 is 5.91 Å². The number of nitrogens with one attached hydrogen (secondary N) is 2. The number of hydrogen-bond acceptors (Lipinski definition) is 3. The molecule has 3 unspecified atom stereocenters. The van der Waals surface area contributed by atoms with Crippen LogP contribution >= 0.6 is 0 Å². The van der Waals surface area contributed by atoms with E-state index in [-0.39, 0.29) is 11.9 Å². The fourth-order valence-corrected chi connectivity index (χ4v) is 3.37. The first-order valence-electron chi connectivity index (χ1n) is 6.92. The average Bonchev–Trinajstić information content (AvgIpc) is 2.87. The first-order chi connectivity index (χ1) is 8.24. The van der Waals surface area contributed by atoms with Crippen LogP contribution in [0.2, 0.25) is 0 Å². The summed E-state index contributed by atoms with van der Waals surface area (Å²) in [7, 11) is 1.73. The zero-order chi connectivity index (χ0) is 12.3. The Bertz CT molecular complexity index is 263. The highest BCUT2D eigenvalue weighted by Crippen LogP contribution is 2.29. The first-order valence-corrected chi connectivity index (χ1v) is 6.92. The molecule has 0 radical (unpaired) electrons. The van der Waals surface area contributed by atoms with Gasteiger partial charge in [0.15, 0.2) is 0 Å². The van der Waals surface area contributed by atoms with Crippen LogP contribution in [0.5, 0.6) is 0 Å². The number of hydrogen-bond donors (Lipinski definition) is 2. The van der Waals surface area contributed by atoms with E-state index in [0.29, 0.717) is 6.04 Å². The second kappa shape index (κ2) is 5.83. The minimum absolute atomic E-state index is 0.0226. The molecule has 2 aliphatic rings. The summed E-state index contributed by atoms with van der Waals surface area (Å²) in [5.41, 5.74) is 0. The van der Waals surface area contributed by atoms with Crippen LogP contribution in [0.15, 0.2) is 0 Å². The monoisotopic (exact) mass is 239 g/mol. The van der Waals surface area contributed by atoms with E-state index in [1.807, 2.05) is 6.92 Å². The van der Waals surface area contributed by atoms with E-state index in [9.17, 15) is 4.79 Å². The molecule has 2 rings (SSSR count). The van der Waals surface area contributed by atoms with Gasteiger partial charge >= 0.3 is 0 Å². The molecular formula is C13H25N3O. The molecule has 0 bridgehead atoms. The highest BCUT2D eigenvalue weighted by Gasteiger charge is 2.36. The Balaban J connectivity index is 1.98. The molecule has 0 saturated carbocycles. The molecule has 4 nitrogen and oxygen atoms in total. The summed E-state index contributed by atoms with van der Waals surface area (Å²) in [6.07, 6.45) is 5.09. The maximum absolute atomic E-state index is 11.8. The van der Waals surface area contributed by atoms with Crippen molar-refractivity contribution in [3.05, 3.63) is 0 Å². The van der Waals surface area contributed by atoms with Gasteiger partial charge in [0.05, 0.1) is 6.04 Å². The van der Waals surface area contributed by atoms with Gasteiger partial charge in [-0.15, -0.1) is 0 Å². The summed E-state index contributed by atoms with van der Waals surface area (Å²) in [5.74, 6) is 0.888. The van der Waals surface area contributed by atoms with Gasteiger partial charge in [0.1, 0.15) is 0 Å². The van der Waals surface area contributed by atoms with Crippen LogP contribution in [0.3, 0.4) is 0 Å². The van der Waals surface area contributed by atoms with Crippen molar-refractivity contribution in [1.29, 1.82) is 0 Å². The average molecular weight is 239 g/mol. The molecule has 3 atom stereocenters. The molecule has 0 aromatic rings. The van der Waals surface area contributed by atoms with E-state index in [1.165, 1.54) is 25.7 Å². The van der Waals surface area contributed by atoms with Gasteiger partial charge in [0, 0.05) is 13.1 Å². The Kier molecular flexibility index (Phi) is 4.40. The number of piperidine rings is 1. The molecule has 98 valence electrons. The minimum atomic E-state index is 0.0226. The minimum Gasteiger partial charge on any atom is -0.358 e. The Hall–Kier alpha value is -0.610. The van der Waals surface area contributed by atoms with Gasteiger partial charge in [-0.2, -0.15) is 0 Å². The highest BCUT2D eigenvalue weighted by molar-refractivity contribution is 5.81. The van der Waals surface area contributed by atoms with Crippen LogP contribution in [0.25, 0.3) is 0 Å². The maximum atomic E-state index is 11.8. The van der Waals surface area contributed by atoms with E-state index >= 15 is 0 Å². The van der Waals surface area contributed by atoms with Gasteiger partial charge in [-0.25, -0.2) is 0 Å². The van der Waals surface area contributed by atoms with Crippen molar-refractivity contribution < 1.29 is 4.79 Å². The molecular weight excluding hydrogens is 214 g/mol. The van der Waals surface area contributed by atoms with Crippen molar-refractivity contribution in [2.45, 2.75) is 44.7 Å². The Labute approximate surface area is 104 Å². The van der Waals surface area contributed by atoms with Gasteiger partial charge in [0.25, 0.3) is 0 Å².